The molecule has 0 unspecified atom stereocenters. The lowest BCUT2D eigenvalue weighted by Gasteiger charge is -2.20. The minimum atomic E-state index is -0.303. The van der Waals surface area contributed by atoms with Gasteiger partial charge in [-0.05, 0) is 30.2 Å². The average molecular weight is 347 g/mol. The first kappa shape index (κ1) is 20.7. The number of methoxy groups -OCH3 is 2. The molecule has 0 fully saturated rings. The summed E-state index contributed by atoms with van der Waals surface area (Å²) in [6, 6.07) is 7.51. The zero-order chi connectivity index (χ0) is 18.5. The van der Waals surface area contributed by atoms with Crippen molar-refractivity contribution in [3.8, 4) is 5.75 Å². The molecule has 1 aromatic rings. The third-order valence-corrected chi connectivity index (χ3v) is 3.92. The van der Waals surface area contributed by atoms with E-state index in [2.05, 4.69) is 11.7 Å². The summed E-state index contributed by atoms with van der Waals surface area (Å²) in [6.45, 7) is 3.18. The molecule has 0 aliphatic carbocycles. The monoisotopic (exact) mass is 347 g/mol. The van der Waals surface area contributed by atoms with Gasteiger partial charge in [0.05, 0.1) is 20.6 Å². The SMILES string of the molecule is CCCCCCN(CCC(=O)OC)C(=O)/C=C/c1cccc(OC)c1. The van der Waals surface area contributed by atoms with Gasteiger partial charge in [0.2, 0.25) is 5.91 Å². The van der Waals surface area contributed by atoms with Crippen molar-refractivity contribution in [3.05, 3.63) is 35.9 Å². The summed E-state index contributed by atoms with van der Waals surface area (Å²) in [7, 11) is 2.97. The highest BCUT2D eigenvalue weighted by Gasteiger charge is 2.12. The molecule has 0 saturated heterocycles. The highest BCUT2D eigenvalue weighted by molar-refractivity contribution is 5.92. The van der Waals surface area contributed by atoms with Gasteiger partial charge in [-0.25, -0.2) is 0 Å². The first-order valence-corrected chi connectivity index (χ1v) is 8.78. The molecule has 0 spiro atoms. The van der Waals surface area contributed by atoms with Crippen LogP contribution in [0.15, 0.2) is 30.3 Å². The molecule has 1 aromatic carbocycles. The number of nitrogens with zero attached hydrogens (tertiary/aromatic N) is 1. The molecular weight excluding hydrogens is 318 g/mol. The molecule has 0 aliphatic heterocycles. The highest BCUT2D eigenvalue weighted by Crippen LogP contribution is 2.14. The molecule has 25 heavy (non-hydrogen) atoms. The van der Waals surface area contributed by atoms with Crippen LogP contribution in [-0.2, 0) is 14.3 Å². The standard InChI is InChI=1S/C20H29NO4/c1-4-5-6-7-14-21(15-13-20(23)25-3)19(22)12-11-17-9-8-10-18(16-17)24-2/h8-12,16H,4-7,13-15H2,1-3H3/b12-11+. The lowest BCUT2D eigenvalue weighted by molar-refractivity contribution is -0.141. The van der Waals surface area contributed by atoms with Crippen LogP contribution in [0.4, 0.5) is 0 Å². The van der Waals surface area contributed by atoms with Crippen LogP contribution >= 0.6 is 0 Å². The summed E-state index contributed by atoms with van der Waals surface area (Å²) in [6.07, 6.45) is 7.84. The smallest absolute Gasteiger partial charge is 0.307 e. The van der Waals surface area contributed by atoms with Gasteiger partial charge in [0.1, 0.15) is 5.75 Å². The number of esters is 1. The average Bonchev–Trinajstić information content (AvgIpc) is 2.65. The van der Waals surface area contributed by atoms with Gasteiger partial charge in [-0.15, -0.1) is 0 Å². The predicted molar refractivity (Wildman–Crippen MR) is 99.4 cm³/mol. The maximum absolute atomic E-state index is 12.5. The van der Waals surface area contributed by atoms with E-state index in [0.717, 1.165) is 37.0 Å². The van der Waals surface area contributed by atoms with E-state index in [1.165, 1.54) is 7.11 Å². The molecular formula is C20H29NO4. The summed E-state index contributed by atoms with van der Waals surface area (Å²) in [5.41, 5.74) is 0.895. The second kappa shape index (κ2) is 12.1. The van der Waals surface area contributed by atoms with E-state index < -0.39 is 0 Å². The summed E-state index contributed by atoms with van der Waals surface area (Å²) in [5.74, 6) is 0.350. The van der Waals surface area contributed by atoms with Gasteiger partial charge >= 0.3 is 5.97 Å². The summed E-state index contributed by atoms with van der Waals surface area (Å²) < 4.78 is 9.85. The number of hydrogen-bond donors (Lipinski definition) is 0. The molecule has 0 N–H and O–H groups in total. The van der Waals surface area contributed by atoms with Gasteiger partial charge < -0.3 is 14.4 Å². The summed E-state index contributed by atoms with van der Waals surface area (Å²) in [5, 5.41) is 0. The number of benzene rings is 1. The van der Waals surface area contributed by atoms with Crippen molar-refractivity contribution in [3.63, 3.8) is 0 Å². The maximum Gasteiger partial charge on any atom is 0.307 e. The Kier molecular flexibility index (Phi) is 10.1. The van der Waals surface area contributed by atoms with E-state index >= 15 is 0 Å². The number of ether oxygens (including phenoxy) is 2. The fourth-order valence-corrected chi connectivity index (χ4v) is 2.41. The van der Waals surface area contributed by atoms with Crippen LogP contribution < -0.4 is 4.74 Å². The van der Waals surface area contributed by atoms with E-state index in [9.17, 15) is 9.59 Å². The first-order valence-electron chi connectivity index (χ1n) is 8.78. The molecule has 138 valence electrons. The van der Waals surface area contributed by atoms with E-state index in [-0.39, 0.29) is 18.3 Å². The quantitative estimate of drug-likeness (QED) is 0.348. The van der Waals surface area contributed by atoms with Crippen molar-refractivity contribution in [2.24, 2.45) is 0 Å². The number of amides is 1. The molecule has 0 radical (unpaired) electrons. The predicted octanol–water partition coefficient (Wildman–Crippen LogP) is 3.68. The van der Waals surface area contributed by atoms with Gasteiger partial charge in [0.25, 0.3) is 0 Å². The van der Waals surface area contributed by atoms with Gasteiger partial charge in [0, 0.05) is 19.2 Å². The fraction of sp³-hybridized carbons (Fsp3) is 0.500. The van der Waals surface area contributed by atoms with Crippen LogP contribution in [0.25, 0.3) is 6.08 Å². The third kappa shape index (κ3) is 8.38. The van der Waals surface area contributed by atoms with Crippen molar-refractivity contribution in [2.75, 3.05) is 27.3 Å². The number of carbonyl (C=O) groups is 2. The molecule has 1 rings (SSSR count). The maximum atomic E-state index is 12.5. The van der Waals surface area contributed by atoms with Crippen molar-refractivity contribution in [2.45, 2.75) is 39.0 Å². The topological polar surface area (TPSA) is 55.8 Å². The Bertz CT molecular complexity index is 569. The minimum Gasteiger partial charge on any atom is -0.497 e. The summed E-state index contributed by atoms with van der Waals surface area (Å²) in [4.78, 5) is 25.6. The molecule has 0 saturated carbocycles. The zero-order valence-electron chi connectivity index (χ0n) is 15.5. The Morgan fingerprint density at radius 3 is 2.60 bits per heavy atom. The van der Waals surface area contributed by atoms with Gasteiger partial charge in [0.15, 0.2) is 0 Å². The van der Waals surface area contributed by atoms with Crippen molar-refractivity contribution in [1.29, 1.82) is 0 Å². The van der Waals surface area contributed by atoms with Crippen LogP contribution in [0.3, 0.4) is 0 Å². The molecule has 0 aliphatic rings. The van der Waals surface area contributed by atoms with Gasteiger partial charge in [-0.2, -0.15) is 0 Å². The minimum absolute atomic E-state index is 0.0942. The largest absolute Gasteiger partial charge is 0.497 e. The molecule has 0 heterocycles. The Balaban J connectivity index is 2.67. The van der Waals surface area contributed by atoms with E-state index in [0.29, 0.717) is 13.1 Å². The molecule has 0 bridgehead atoms. The zero-order valence-corrected chi connectivity index (χ0v) is 15.5. The molecule has 1 amide bonds. The second-order valence-corrected chi connectivity index (χ2v) is 5.82. The van der Waals surface area contributed by atoms with Crippen LogP contribution in [0.5, 0.6) is 5.75 Å². The molecule has 0 atom stereocenters. The van der Waals surface area contributed by atoms with Gasteiger partial charge in [-0.1, -0.05) is 38.3 Å². The van der Waals surface area contributed by atoms with Crippen LogP contribution in [0.1, 0.15) is 44.6 Å². The lowest BCUT2D eigenvalue weighted by Crippen LogP contribution is -2.32. The van der Waals surface area contributed by atoms with Crippen molar-refractivity contribution in [1.82, 2.24) is 4.90 Å². The lowest BCUT2D eigenvalue weighted by atomic mass is 10.2. The molecule has 0 aromatic heterocycles. The Labute approximate surface area is 150 Å². The Hall–Kier alpha value is -2.30. The van der Waals surface area contributed by atoms with E-state index in [1.54, 1.807) is 24.2 Å². The number of unbranched alkanes of at least 4 members (excludes halogenated alkanes) is 3. The summed E-state index contributed by atoms with van der Waals surface area (Å²) >= 11 is 0. The van der Waals surface area contributed by atoms with Crippen LogP contribution in [0, 0.1) is 0 Å². The highest BCUT2D eigenvalue weighted by atomic mass is 16.5. The van der Waals surface area contributed by atoms with Crippen LogP contribution in [0.2, 0.25) is 0 Å². The fourth-order valence-electron chi connectivity index (χ4n) is 2.41. The van der Waals surface area contributed by atoms with Crippen molar-refractivity contribution >= 4 is 18.0 Å². The van der Waals surface area contributed by atoms with E-state index in [4.69, 9.17) is 4.74 Å². The molecule has 5 nitrogen and oxygen atoms in total. The number of hydrogen-bond acceptors (Lipinski definition) is 4. The number of carbonyl (C=O) groups excluding carboxylic acids is 2. The molecule has 5 heteroatoms. The first-order chi connectivity index (χ1) is 12.1. The normalized spacial score (nSPS) is 10.7. The van der Waals surface area contributed by atoms with E-state index in [1.807, 2.05) is 24.3 Å². The second-order valence-electron chi connectivity index (χ2n) is 5.82. The van der Waals surface area contributed by atoms with Crippen molar-refractivity contribution < 1.29 is 19.1 Å². The Morgan fingerprint density at radius 2 is 1.92 bits per heavy atom. The third-order valence-electron chi connectivity index (χ3n) is 3.92. The Morgan fingerprint density at radius 1 is 1.12 bits per heavy atom. The number of rotatable bonds is 11. The van der Waals surface area contributed by atoms with Gasteiger partial charge in [-0.3, -0.25) is 9.59 Å². The van der Waals surface area contributed by atoms with Crippen LogP contribution in [-0.4, -0.2) is 44.1 Å².